The zero-order valence-corrected chi connectivity index (χ0v) is 15.8. The SMILES string of the molecule is Cc1ccc(S(=O)(=O)NC(=O)N2CCN(C(=O)C3CCCC3)CC2)cc1. The molecule has 0 spiro atoms. The van der Waals surface area contributed by atoms with Gasteiger partial charge in [0.15, 0.2) is 0 Å². The van der Waals surface area contributed by atoms with Gasteiger partial charge in [-0.05, 0) is 31.9 Å². The van der Waals surface area contributed by atoms with Crippen LogP contribution >= 0.6 is 0 Å². The summed E-state index contributed by atoms with van der Waals surface area (Å²) in [5, 5.41) is 0. The van der Waals surface area contributed by atoms with E-state index in [9.17, 15) is 18.0 Å². The monoisotopic (exact) mass is 379 g/mol. The summed E-state index contributed by atoms with van der Waals surface area (Å²) in [6.07, 6.45) is 4.12. The third-order valence-electron chi connectivity index (χ3n) is 5.14. The number of nitrogens with one attached hydrogen (secondary N) is 1. The van der Waals surface area contributed by atoms with E-state index in [2.05, 4.69) is 4.72 Å². The Morgan fingerprint density at radius 3 is 2.08 bits per heavy atom. The molecule has 2 fully saturated rings. The summed E-state index contributed by atoms with van der Waals surface area (Å²) in [5.74, 6) is 0.298. The number of rotatable bonds is 3. The summed E-state index contributed by atoms with van der Waals surface area (Å²) < 4.78 is 26.8. The molecule has 142 valence electrons. The van der Waals surface area contributed by atoms with E-state index in [0.29, 0.717) is 26.2 Å². The van der Waals surface area contributed by atoms with Crippen molar-refractivity contribution in [3.63, 3.8) is 0 Å². The summed E-state index contributed by atoms with van der Waals surface area (Å²) in [6.45, 7) is 3.45. The van der Waals surface area contributed by atoms with Crippen LogP contribution in [0.25, 0.3) is 0 Å². The van der Waals surface area contributed by atoms with E-state index in [1.165, 1.54) is 17.0 Å². The van der Waals surface area contributed by atoms with Crippen molar-refractivity contribution < 1.29 is 18.0 Å². The van der Waals surface area contributed by atoms with Crippen LogP contribution in [0.5, 0.6) is 0 Å². The Balaban J connectivity index is 1.55. The molecule has 0 unspecified atom stereocenters. The Morgan fingerprint density at radius 1 is 0.962 bits per heavy atom. The number of amides is 3. The van der Waals surface area contributed by atoms with Gasteiger partial charge < -0.3 is 9.80 Å². The van der Waals surface area contributed by atoms with E-state index >= 15 is 0 Å². The highest BCUT2D eigenvalue weighted by Gasteiger charge is 2.31. The number of sulfonamides is 1. The second-order valence-corrected chi connectivity index (χ2v) is 8.70. The molecular formula is C18H25N3O4S. The molecule has 0 atom stereocenters. The minimum Gasteiger partial charge on any atom is -0.339 e. The van der Waals surface area contributed by atoms with Gasteiger partial charge in [0.25, 0.3) is 10.0 Å². The van der Waals surface area contributed by atoms with Crippen molar-refractivity contribution in [1.82, 2.24) is 14.5 Å². The molecule has 1 aliphatic heterocycles. The van der Waals surface area contributed by atoms with Crippen molar-refractivity contribution in [3.8, 4) is 0 Å². The number of benzene rings is 1. The quantitative estimate of drug-likeness (QED) is 0.866. The number of urea groups is 1. The molecule has 1 saturated heterocycles. The van der Waals surface area contributed by atoms with Gasteiger partial charge in [-0.15, -0.1) is 0 Å². The fourth-order valence-corrected chi connectivity index (χ4v) is 4.49. The highest BCUT2D eigenvalue weighted by molar-refractivity contribution is 7.90. The van der Waals surface area contributed by atoms with Crippen LogP contribution in [0.1, 0.15) is 31.2 Å². The van der Waals surface area contributed by atoms with Crippen LogP contribution in [0.4, 0.5) is 4.79 Å². The minimum absolute atomic E-state index is 0.0616. The van der Waals surface area contributed by atoms with Gasteiger partial charge in [-0.1, -0.05) is 30.5 Å². The fraction of sp³-hybridized carbons (Fsp3) is 0.556. The second-order valence-electron chi connectivity index (χ2n) is 7.02. The molecular weight excluding hydrogens is 354 g/mol. The normalized spacial score (nSPS) is 18.8. The molecule has 2 aliphatic rings. The molecule has 0 radical (unpaired) electrons. The highest BCUT2D eigenvalue weighted by Crippen LogP contribution is 2.27. The van der Waals surface area contributed by atoms with E-state index in [1.54, 1.807) is 17.0 Å². The molecule has 1 N–H and O–H groups in total. The number of hydrogen-bond donors (Lipinski definition) is 1. The average molecular weight is 379 g/mol. The summed E-state index contributed by atoms with van der Waals surface area (Å²) in [7, 11) is -3.89. The van der Waals surface area contributed by atoms with Gasteiger partial charge in [0, 0.05) is 32.1 Å². The van der Waals surface area contributed by atoms with Crippen LogP contribution in [-0.4, -0.2) is 56.3 Å². The molecule has 1 aliphatic carbocycles. The van der Waals surface area contributed by atoms with Crippen LogP contribution in [-0.2, 0) is 14.8 Å². The number of aryl methyl sites for hydroxylation is 1. The molecule has 1 heterocycles. The first-order valence-electron chi connectivity index (χ1n) is 9.04. The molecule has 26 heavy (non-hydrogen) atoms. The Hall–Kier alpha value is -2.09. The molecule has 1 aromatic rings. The first kappa shape index (κ1) is 18.7. The van der Waals surface area contributed by atoms with Crippen LogP contribution < -0.4 is 4.72 Å². The first-order valence-corrected chi connectivity index (χ1v) is 10.5. The highest BCUT2D eigenvalue weighted by atomic mass is 32.2. The molecule has 7 nitrogen and oxygen atoms in total. The van der Waals surface area contributed by atoms with E-state index < -0.39 is 16.1 Å². The lowest BCUT2D eigenvalue weighted by atomic mass is 10.1. The van der Waals surface area contributed by atoms with Crippen molar-refractivity contribution in [2.24, 2.45) is 5.92 Å². The van der Waals surface area contributed by atoms with Crippen LogP contribution in [0, 0.1) is 12.8 Å². The van der Waals surface area contributed by atoms with E-state index in [-0.39, 0.29) is 16.7 Å². The maximum absolute atomic E-state index is 12.4. The van der Waals surface area contributed by atoms with Crippen molar-refractivity contribution >= 4 is 22.0 Å². The molecule has 3 amide bonds. The zero-order valence-electron chi connectivity index (χ0n) is 15.0. The predicted octanol–water partition coefficient (Wildman–Crippen LogP) is 1.73. The van der Waals surface area contributed by atoms with Crippen LogP contribution in [0.3, 0.4) is 0 Å². The topological polar surface area (TPSA) is 86.8 Å². The lowest BCUT2D eigenvalue weighted by molar-refractivity contribution is -0.136. The van der Waals surface area contributed by atoms with Crippen molar-refractivity contribution in [1.29, 1.82) is 0 Å². The molecule has 3 rings (SSSR count). The van der Waals surface area contributed by atoms with E-state index in [0.717, 1.165) is 31.2 Å². The number of carbonyl (C=O) groups excluding carboxylic acids is 2. The number of carbonyl (C=O) groups is 2. The van der Waals surface area contributed by atoms with Gasteiger partial charge in [-0.25, -0.2) is 17.9 Å². The third kappa shape index (κ3) is 4.17. The van der Waals surface area contributed by atoms with E-state index in [1.807, 2.05) is 6.92 Å². The molecule has 0 aromatic heterocycles. The Morgan fingerprint density at radius 2 is 1.50 bits per heavy atom. The number of nitrogens with zero attached hydrogens (tertiary/aromatic N) is 2. The lowest BCUT2D eigenvalue weighted by Gasteiger charge is -2.35. The largest absolute Gasteiger partial charge is 0.339 e. The summed E-state index contributed by atoms with van der Waals surface area (Å²) >= 11 is 0. The third-order valence-corrected chi connectivity index (χ3v) is 6.47. The molecule has 8 heteroatoms. The minimum atomic E-state index is -3.89. The fourth-order valence-electron chi connectivity index (χ4n) is 3.52. The maximum atomic E-state index is 12.4. The zero-order chi connectivity index (χ0) is 18.7. The molecule has 0 bridgehead atoms. The van der Waals surface area contributed by atoms with Gasteiger partial charge in [0.2, 0.25) is 5.91 Å². The Labute approximate surface area is 154 Å². The molecule has 1 aromatic carbocycles. The lowest BCUT2D eigenvalue weighted by Crippen LogP contribution is -2.54. The summed E-state index contributed by atoms with van der Waals surface area (Å²) in [4.78, 5) is 28.1. The van der Waals surface area contributed by atoms with Crippen molar-refractivity contribution in [3.05, 3.63) is 29.8 Å². The van der Waals surface area contributed by atoms with E-state index in [4.69, 9.17) is 0 Å². The van der Waals surface area contributed by atoms with Gasteiger partial charge in [0.05, 0.1) is 4.90 Å². The van der Waals surface area contributed by atoms with Gasteiger partial charge in [-0.2, -0.15) is 0 Å². The summed E-state index contributed by atoms with van der Waals surface area (Å²) in [5.41, 5.74) is 0.943. The smallest absolute Gasteiger partial charge is 0.331 e. The van der Waals surface area contributed by atoms with Crippen molar-refractivity contribution in [2.45, 2.75) is 37.5 Å². The maximum Gasteiger partial charge on any atom is 0.331 e. The second kappa shape index (κ2) is 7.65. The Kier molecular flexibility index (Phi) is 5.50. The van der Waals surface area contributed by atoms with Gasteiger partial charge >= 0.3 is 6.03 Å². The number of piperazine rings is 1. The van der Waals surface area contributed by atoms with Crippen LogP contribution in [0.15, 0.2) is 29.2 Å². The molecule has 1 saturated carbocycles. The summed E-state index contributed by atoms with van der Waals surface area (Å²) in [6, 6.07) is 5.68. The first-order chi connectivity index (χ1) is 12.4. The van der Waals surface area contributed by atoms with Crippen LogP contribution in [0.2, 0.25) is 0 Å². The van der Waals surface area contributed by atoms with Gasteiger partial charge in [-0.3, -0.25) is 4.79 Å². The van der Waals surface area contributed by atoms with Crippen molar-refractivity contribution in [2.75, 3.05) is 26.2 Å². The Bertz CT molecular complexity index is 762. The average Bonchev–Trinajstić information content (AvgIpc) is 3.16. The predicted molar refractivity (Wildman–Crippen MR) is 97.0 cm³/mol. The number of hydrogen-bond acceptors (Lipinski definition) is 4. The standard InChI is InChI=1S/C18H25N3O4S/c1-14-6-8-16(9-7-14)26(24,25)19-18(23)21-12-10-20(11-13-21)17(22)15-4-2-3-5-15/h6-9,15H,2-5,10-13H2,1H3,(H,19,23). The van der Waals surface area contributed by atoms with Gasteiger partial charge in [0.1, 0.15) is 0 Å².